The van der Waals surface area contributed by atoms with E-state index < -0.39 is 6.04 Å². The Hall–Kier alpha value is -3.59. The van der Waals surface area contributed by atoms with Crippen molar-refractivity contribution in [2.75, 3.05) is 32.8 Å². The fourth-order valence-electron chi connectivity index (χ4n) is 4.94. The van der Waals surface area contributed by atoms with Crippen LogP contribution in [0.5, 0.6) is 17.6 Å². The van der Waals surface area contributed by atoms with Crippen molar-refractivity contribution < 1.29 is 28.2 Å². The van der Waals surface area contributed by atoms with Crippen molar-refractivity contribution in [2.45, 2.75) is 44.7 Å². The number of likely N-dealkylation sites (tertiary alicyclic amines) is 2. The lowest BCUT2D eigenvalue weighted by molar-refractivity contribution is -0.153. The third kappa shape index (κ3) is 5.46. The van der Waals surface area contributed by atoms with Crippen molar-refractivity contribution in [3.8, 4) is 17.6 Å². The maximum Gasteiger partial charge on any atom is 0.400 e. The molecule has 2 aliphatic heterocycles. The maximum absolute atomic E-state index is 12.4. The molecule has 0 N–H and O–H groups in total. The van der Waals surface area contributed by atoms with Crippen molar-refractivity contribution in [3.63, 3.8) is 0 Å². The molecule has 0 spiro atoms. The number of hydrogen-bond donors (Lipinski definition) is 0. The monoisotopic (exact) mass is 493 g/mol. The minimum atomic E-state index is -0.424. The number of carbonyl (C=O) groups excluding carboxylic acids is 2. The van der Waals surface area contributed by atoms with Crippen molar-refractivity contribution in [2.24, 2.45) is 0 Å². The van der Waals surface area contributed by atoms with Crippen LogP contribution in [0.3, 0.4) is 0 Å². The normalized spacial score (nSPS) is 19.1. The molecule has 36 heavy (non-hydrogen) atoms. The van der Waals surface area contributed by atoms with Crippen molar-refractivity contribution in [3.05, 3.63) is 48.5 Å². The molecule has 2 saturated heterocycles. The second kappa shape index (κ2) is 11.0. The molecule has 9 nitrogen and oxygen atoms in total. The van der Waals surface area contributed by atoms with Gasteiger partial charge in [-0.05, 0) is 62.6 Å². The minimum Gasteiger partial charge on any atom is -0.492 e. The van der Waals surface area contributed by atoms with Gasteiger partial charge in [-0.3, -0.25) is 9.69 Å². The van der Waals surface area contributed by atoms with Crippen LogP contribution >= 0.6 is 0 Å². The van der Waals surface area contributed by atoms with Crippen LogP contribution in [0.1, 0.15) is 32.6 Å². The number of nitrogens with zero attached hydrogens (tertiary/aromatic N) is 3. The second-order valence-electron chi connectivity index (χ2n) is 9.05. The lowest BCUT2D eigenvalue weighted by Gasteiger charge is -2.38. The average Bonchev–Trinajstić information content (AvgIpc) is 3.48. The number of carbonyl (C=O) groups is 2. The quantitative estimate of drug-likeness (QED) is 0.413. The van der Waals surface area contributed by atoms with Gasteiger partial charge in [-0.2, -0.15) is 4.98 Å². The Bertz CT molecular complexity index is 1150. The number of hydrogen-bond acceptors (Lipinski definition) is 8. The number of benzene rings is 2. The number of piperidine rings is 1. The molecule has 3 aromatic rings. The molecule has 0 radical (unpaired) electrons. The second-order valence-corrected chi connectivity index (χ2v) is 9.05. The smallest absolute Gasteiger partial charge is 0.400 e. The minimum absolute atomic E-state index is 0.0679. The average molecular weight is 494 g/mol. The van der Waals surface area contributed by atoms with Gasteiger partial charge in [0.1, 0.15) is 29.7 Å². The first-order valence-corrected chi connectivity index (χ1v) is 12.6. The summed E-state index contributed by atoms with van der Waals surface area (Å²) in [5.74, 6) is 1.17. The van der Waals surface area contributed by atoms with E-state index in [2.05, 4.69) is 9.88 Å². The predicted molar refractivity (Wildman–Crippen MR) is 132 cm³/mol. The van der Waals surface area contributed by atoms with Crippen molar-refractivity contribution in [1.29, 1.82) is 0 Å². The van der Waals surface area contributed by atoms with E-state index in [0.717, 1.165) is 43.7 Å². The highest BCUT2D eigenvalue weighted by molar-refractivity contribution is 5.88. The SMILES string of the molecule is CCOC(=O)C1CCC(=O)N1C1CCN(CCOc2ccc(Oc3nc4ccccc4o3)cc2)CC1. The summed E-state index contributed by atoms with van der Waals surface area (Å²) in [7, 11) is 0. The molecule has 0 bridgehead atoms. The van der Waals surface area contributed by atoms with E-state index in [0.29, 0.717) is 37.4 Å². The van der Waals surface area contributed by atoms with Crippen LogP contribution in [0.2, 0.25) is 0 Å². The van der Waals surface area contributed by atoms with Gasteiger partial charge >= 0.3 is 12.0 Å². The highest BCUT2D eigenvalue weighted by Gasteiger charge is 2.41. The molecular formula is C27H31N3O6. The summed E-state index contributed by atoms with van der Waals surface area (Å²) in [5.41, 5.74) is 1.43. The van der Waals surface area contributed by atoms with Crippen LogP contribution in [0.4, 0.5) is 0 Å². The van der Waals surface area contributed by atoms with Gasteiger partial charge in [0.25, 0.3) is 0 Å². The molecule has 2 aromatic carbocycles. The predicted octanol–water partition coefficient (Wildman–Crippen LogP) is 4.02. The Labute approximate surface area is 209 Å². The molecule has 0 aliphatic carbocycles. The highest BCUT2D eigenvalue weighted by Crippen LogP contribution is 2.29. The Morgan fingerprint density at radius 3 is 2.56 bits per heavy atom. The van der Waals surface area contributed by atoms with E-state index >= 15 is 0 Å². The Morgan fingerprint density at radius 2 is 1.81 bits per heavy atom. The Balaban J connectivity index is 1.05. The Kier molecular flexibility index (Phi) is 7.36. The van der Waals surface area contributed by atoms with Gasteiger partial charge in [0.05, 0.1) is 6.61 Å². The number of rotatable bonds is 9. The van der Waals surface area contributed by atoms with Crippen LogP contribution < -0.4 is 9.47 Å². The Morgan fingerprint density at radius 1 is 1.06 bits per heavy atom. The summed E-state index contributed by atoms with van der Waals surface area (Å²) in [4.78, 5) is 33.2. The van der Waals surface area contributed by atoms with Crippen LogP contribution in [0, 0.1) is 0 Å². The van der Waals surface area contributed by atoms with E-state index in [1.165, 1.54) is 0 Å². The molecule has 5 rings (SSSR count). The number of ether oxygens (including phenoxy) is 3. The first-order valence-electron chi connectivity index (χ1n) is 12.6. The molecular weight excluding hydrogens is 462 g/mol. The first kappa shape index (κ1) is 24.1. The zero-order valence-electron chi connectivity index (χ0n) is 20.4. The zero-order valence-corrected chi connectivity index (χ0v) is 20.4. The van der Waals surface area contributed by atoms with E-state index in [1.54, 1.807) is 11.8 Å². The number of fused-ring (bicyclic) bond motifs is 1. The lowest BCUT2D eigenvalue weighted by Crippen LogP contribution is -2.51. The fraction of sp³-hybridized carbons (Fsp3) is 0.444. The molecule has 190 valence electrons. The van der Waals surface area contributed by atoms with E-state index in [9.17, 15) is 9.59 Å². The van der Waals surface area contributed by atoms with Gasteiger partial charge in [0.15, 0.2) is 5.58 Å². The summed E-state index contributed by atoms with van der Waals surface area (Å²) in [6.07, 6.45) is 2.89. The number of esters is 1. The molecule has 9 heteroatoms. The van der Waals surface area contributed by atoms with E-state index in [4.69, 9.17) is 18.6 Å². The molecule has 1 amide bonds. The number of oxazole rings is 1. The van der Waals surface area contributed by atoms with Crippen molar-refractivity contribution >= 4 is 23.0 Å². The highest BCUT2D eigenvalue weighted by atomic mass is 16.6. The molecule has 1 aromatic heterocycles. The van der Waals surface area contributed by atoms with Crippen molar-refractivity contribution in [1.82, 2.24) is 14.8 Å². The summed E-state index contributed by atoms with van der Waals surface area (Å²) < 4.78 is 22.4. The largest absolute Gasteiger partial charge is 0.492 e. The van der Waals surface area contributed by atoms with Crippen LogP contribution in [-0.4, -0.2) is 71.6 Å². The summed E-state index contributed by atoms with van der Waals surface area (Å²) in [5, 5.41) is 0. The number of para-hydroxylation sites is 2. The molecule has 1 atom stereocenters. The van der Waals surface area contributed by atoms with Gasteiger partial charge in [-0.1, -0.05) is 12.1 Å². The zero-order chi connectivity index (χ0) is 24.9. The van der Waals surface area contributed by atoms with Crippen LogP contribution in [0.15, 0.2) is 52.9 Å². The summed E-state index contributed by atoms with van der Waals surface area (Å²) in [6.45, 7) is 5.22. The molecule has 0 saturated carbocycles. The number of amides is 1. The molecule has 2 aliphatic rings. The van der Waals surface area contributed by atoms with Crippen LogP contribution in [0.25, 0.3) is 11.1 Å². The van der Waals surface area contributed by atoms with Gasteiger partial charge in [-0.15, -0.1) is 0 Å². The third-order valence-electron chi connectivity index (χ3n) is 6.74. The van der Waals surface area contributed by atoms with Gasteiger partial charge < -0.3 is 23.5 Å². The van der Waals surface area contributed by atoms with Gasteiger partial charge in [-0.25, -0.2) is 4.79 Å². The van der Waals surface area contributed by atoms with Gasteiger partial charge in [0.2, 0.25) is 5.91 Å². The third-order valence-corrected chi connectivity index (χ3v) is 6.74. The summed E-state index contributed by atoms with van der Waals surface area (Å²) in [6, 6.07) is 14.5. The fourth-order valence-corrected chi connectivity index (χ4v) is 4.94. The molecule has 3 heterocycles. The standard InChI is InChI=1S/C27H31N3O6/c1-2-33-26(32)23-11-12-25(31)30(23)19-13-15-29(16-14-19)17-18-34-20-7-9-21(10-8-20)35-27-28-22-5-3-4-6-24(22)36-27/h3-10,19,23H,2,11-18H2,1H3. The lowest BCUT2D eigenvalue weighted by atomic mass is 10.0. The molecule has 1 unspecified atom stereocenters. The summed E-state index contributed by atoms with van der Waals surface area (Å²) >= 11 is 0. The first-order chi connectivity index (χ1) is 17.6. The van der Waals surface area contributed by atoms with E-state index in [1.807, 2.05) is 48.5 Å². The van der Waals surface area contributed by atoms with Gasteiger partial charge in [0, 0.05) is 32.1 Å². The number of aromatic nitrogens is 1. The topological polar surface area (TPSA) is 94.3 Å². The van der Waals surface area contributed by atoms with Crippen LogP contribution in [-0.2, 0) is 14.3 Å². The molecule has 2 fully saturated rings. The maximum atomic E-state index is 12.4. The van der Waals surface area contributed by atoms with E-state index in [-0.39, 0.29) is 24.0 Å².